The summed E-state index contributed by atoms with van der Waals surface area (Å²) in [6.07, 6.45) is -2.49. The van der Waals surface area contributed by atoms with E-state index in [9.17, 15) is 22.8 Å². The molecule has 0 bridgehead atoms. The summed E-state index contributed by atoms with van der Waals surface area (Å²) >= 11 is 0. The molecule has 1 aromatic rings. The van der Waals surface area contributed by atoms with Gasteiger partial charge in [0.15, 0.2) is 0 Å². The number of carboxylic acid groups (broad SMARTS) is 1. The van der Waals surface area contributed by atoms with Crippen LogP contribution in [0, 0.1) is 0 Å². The monoisotopic (exact) mass is 302 g/mol. The number of amides is 1. The van der Waals surface area contributed by atoms with Crippen LogP contribution < -0.4 is 5.73 Å². The zero-order valence-corrected chi connectivity index (χ0v) is 10.8. The number of carbonyl (C=O) groups excluding carboxylic acids is 1. The Kier molecular flexibility index (Phi) is 5.34. The minimum atomic E-state index is -4.67. The third-order valence-electron chi connectivity index (χ3n) is 2.36. The van der Waals surface area contributed by atoms with Crippen molar-refractivity contribution < 1.29 is 27.9 Å². The number of halogens is 3. The molecule has 3 N–H and O–H groups in total. The van der Waals surface area contributed by atoms with Gasteiger partial charge in [-0.1, -0.05) is 12.1 Å². The van der Waals surface area contributed by atoms with Crippen molar-refractivity contribution in [1.82, 2.24) is 4.90 Å². The van der Waals surface area contributed by atoms with Crippen LogP contribution in [0.2, 0.25) is 0 Å². The second-order valence-electron chi connectivity index (χ2n) is 4.20. The van der Waals surface area contributed by atoms with Gasteiger partial charge in [0.1, 0.15) is 13.1 Å². The number of benzene rings is 1. The summed E-state index contributed by atoms with van der Waals surface area (Å²) < 4.78 is 36.9. The van der Waals surface area contributed by atoms with Crippen LogP contribution in [-0.2, 0) is 9.59 Å². The average molecular weight is 302 g/mol. The summed E-state index contributed by atoms with van der Waals surface area (Å²) in [6, 6.07) is 6.28. The molecule has 0 aliphatic carbocycles. The van der Waals surface area contributed by atoms with E-state index in [4.69, 9.17) is 10.8 Å². The standard InChI is InChI=1S/C13H13F3N2O3/c14-13(15,16)8-18(7-12(20)21)11(19)6-3-9-1-4-10(17)5-2-9/h1-6H,7-8,17H2,(H,20,21)/b6-3+. The summed E-state index contributed by atoms with van der Waals surface area (Å²) in [7, 11) is 0. The summed E-state index contributed by atoms with van der Waals surface area (Å²) in [5, 5.41) is 8.55. The van der Waals surface area contributed by atoms with Crippen LogP contribution >= 0.6 is 0 Å². The zero-order chi connectivity index (χ0) is 16.0. The van der Waals surface area contributed by atoms with Crippen molar-refractivity contribution >= 4 is 23.6 Å². The first-order valence-electron chi connectivity index (χ1n) is 5.78. The largest absolute Gasteiger partial charge is 0.480 e. The molecule has 0 saturated heterocycles. The van der Waals surface area contributed by atoms with E-state index >= 15 is 0 Å². The van der Waals surface area contributed by atoms with Crippen LogP contribution in [-0.4, -0.2) is 41.1 Å². The molecule has 1 amide bonds. The fraction of sp³-hybridized carbons (Fsp3) is 0.231. The number of anilines is 1. The molecule has 0 radical (unpaired) electrons. The Balaban J connectivity index is 2.80. The van der Waals surface area contributed by atoms with E-state index in [1.807, 2.05) is 0 Å². The quantitative estimate of drug-likeness (QED) is 0.641. The third-order valence-corrected chi connectivity index (χ3v) is 2.36. The molecule has 1 aromatic carbocycles. The maximum Gasteiger partial charge on any atom is 0.406 e. The van der Waals surface area contributed by atoms with Crippen molar-refractivity contribution in [3.05, 3.63) is 35.9 Å². The van der Waals surface area contributed by atoms with E-state index in [-0.39, 0.29) is 4.90 Å². The highest BCUT2D eigenvalue weighted by atomic mass is 19.4. The second kappa shape index (κ2) is 6.78. The Bertz CT molecular complexity index is 539. The Morgan fingerprint density at radius 2 is 1.81 bits per heavy atom. The normalized spacial score (nSPS) is 11.6. The Labute approximate surface area is 118 Å². The number of aliphatic carboxylic acids is 1. The van der Waals surface area contributed by atoms with Gasteiger partial charge in [0, 0.05) is 11.8 Å². The number of hydrogen-bond donors (Lipinski definition) is 2. The van der Waals surface area contributed by atoms with Crippen LogP contribution in [0.1, 0.15) is 5.56 Å². The predicted molar refractivity (Wildman–Crippen MR) is 70.2 cm³/mol. The SMILES string of the molecule is Nc1ccc(/C=C/C(=O)N(CC(=O)O)CC(F)(F)F)cc1. The van der Waals surface area contributed by atoms with Crippen molar-refractivity contribution in [2.24, 2.45) is 0 Å². The van der Waals surface area contributed by atoms with Crippen LogP contribution in [0.25, 0.3) is 6.08 Å². The first-order chi connectivity index (χ1) is 9.67. The van der Waals surface area contributed by atoms with Gasteiger partial charge in [-0.25, -0.2) is 0 Å². The molecular formula is C13H13F3N2O3. The Morgan fingerprint density at radius 1 is 1.24 bits per heavy atom. The van der Waals surface area contributed by atoms with Gasteiger partial charge in [-0.15, -0.1) is 0 Å². The second-order valence-corrected chi connectivity index (χ2v) is 4.20. The topological polar surface area (TPSA) is 83.6 Å². The fourth-order valence-electron chi connectivity index (χ4n) is 1.47. The number of carbonyl (C=O) groups is 2. The summed E-state index contributed by atoms with van der Waals surface area (Å²) in [5.41, 5.74) is 6.52. The van der Waals surface area contributed by atoms with E-state index in [0.29, 0.717) is 11.3 Å². The molecule has 0 aliphatic heterocycles. The number of alkyl halides is 3. The van der Waals surface area contributed by atoms with Crippen LogP contribution in [0.15, 0.2) is 30.3 Å². The number of nitrogens with two attached hydrogens (primary N) is 1. The third kappa shape index (κ3) is 6.46. The first-order valence-corrected chi connectivity index (χ1v) is 5.78. The molecule has 0 saturated carbocycles. The summed E-state index contributed by atoms with van der Waals surface area (Å²) in [5.74, 6) is -2.56. The minimum absolute atomic E-state index is 0.204. The fourth-order valence-corrected chi connectivity index (χ4v) is 1.47. The van der Waals surface area contributed by atoms with Crippen molar-refractivity contribution in [3.63, 3.8) is 0 Å². The maximum absolute atomic E-state index is 12.3. The molecule has 0 aromatic heterocycles. The van der Waals surface area contributed by atoms with Crippen molar-refractivity contribution in [2.75, 3.05) is 18.8 Å². The molecule has 5 nitrogen and oxygen atoms in total. The lowest BCUT2D eigenvalue weighted by Gasteiger charge is -2.20. The lowest BCUT2D eigenvalue weighted by Crippen LogP contribution is -2.41. The van der Waals surface area contributed by atoms with E-state index in [0.717, 1.165) is 6.08 Å². The molecule has 0 spiro atoms. The van der Waals surface area contributed by atoms with Gasteiger partial charge in [0.05, 0.1) is 0 Å². The smallest absolute Gasteiger partial charge is 0.406 e. The molecule has 0 atom stereocenters. The summed E-state index contributed by atoms with van der Waals surface area (Å²) in [6.45, 7) is -2.64. The molecule has 114 valence electrons. The number of hydrogen-bond acceptors (Lipinski definition) is 3. The van der Waals surface area contributed by atoms with Gasteiger partial charge in [-0.2, -0.15) is 13.2 Å². The minimum Gasteiger partial charge on any atom is -0.480 e. The predicted octanol–water partition coefficient (Wildman–Crippen LogP) is 1.76. The Morgan fingerprint density at radius 3 is 2.29 bits per heavy atom. The molecule has 0 unspecified atom stereocenters. The van der Waals surface area contributed by atoms with Crippen molar-refractivity contribution in [1.29, 1.82) is 0 Å². The first kappa shape index (κ1) is 16.5. The summed E-state index contributed by atoms with van der Waals surface area (Å²) in [4.78, 5) is 22.4. The average Bonchev–Trinajstić information content (AvgIpc) is 2.34. The highest BCUT2D eigenvalue weighted by molar-refractivity contribution is 5.93. The van der Waals surface area contributed by atoms with Crippen LogP contribution in [0.4, 0.5) is 18.9 Å². The van der Waals surface area contributed by atoms with E-state index < -0.39 is 31.1 Å². The van der Waals surface area contributed by atoms with Gasteiger partial charge in [-0.05, 0) is 23.8 Å². The molecule has 1 rings (SSSR count). The number of nitrogen functional groups attached to an aromatic ring is 1. The highest BCUT2D eigenvalue weighted by Crippen LogP contribution is 2.17. The molecule has 0 heterocycles. The van der Waals surface area contributed by atoms with E-state index in [2.05, 4.69) is 0 Å². The molecular weight excluding hydrogens is 289 g/mol. The van der Waals surface area contributed by atoms with Gasteiger partial charge in [0.25, 0.3) is 0 Å². The van der Waals surface area contributed by atoms with E-state index in [1.165, 1.54) is 6.08 Å². The zero-order valence-electron chi connectivity index (χ0n) is 10.8. The van der Waals surface area contributed by atoms with Gasteiger partial charge < -0.3 is 15.7 Å². The molecule has 21 heavy (non-hydrogen) atoms. The van der Waals surface area contributed by atoms with Crippen LogP contribution in [0.5, 0.6) is 0 Å². The molecule has 0 fully saturated rings. The lowest BCUT2D eigenvalue weighted by molar-refractivity contribution is -0.163. The molecule has 0 aliphatic rings. The van der Waals surface area contributed by atoms with E-state index in [1.54, 1.807) is 24.3 Å². The maximum atomic E-state index is 12.3. The number of nitrogens with zero attached hydrogens (tertiary/aromatic N) is 1. The van der Waals surface area contributed by atoms with Crippen LogP contribution in [0.3, 0.4) is 0 Å². The Hall–Kier alpha value is -2.51. The lowest BCUT2D eigenvalue weighted by atomic mass is 10.2. The number of rotatable bonds is 5. The van der Waals surface area contributed by atoms with Crippen molar-refractivity contribution in [3.8, 4) is 0 Å². The number of carboxylic acids is 1. The van der Waals surface area contributed by atoms with Gasteiger partial charge in [0.2, 0.25) is 5.91 Å². The van der Waals surface area contributed by atoms with Crippen molar-refractivity contribution in [2.45, 2.75) is 6.18 Å². The van der Waals surface area contributed by atoms with Gasteiger partial charge >= 0.3 is 12.1 Å². The molecule has 8 heteroatoms. The van der Waals surface area contributed by atoms with Gasteiger partial charge in [-0.3, -0.25) is 9.59 Å². The highest BCUT2D eigenvalue weighted by Gasteiger charge is 2.33.